The van der Waals surface area contributed by atoms with Gasteiger partial charge in [-0.2, -0.15) is 4.52 Å². The predicted molar refractivity (Wildman–Crippen MR) is 92.4 cm³/mol. The molecule has 0 aliphatic carbocycles. The highest BCUT2D eigenvalue weighted by Gasteiger charge is 2.16. The Labute approximate surface area is 140 Å². The van der Waals surface area contributed by atoms with Crippen molar-refractivity contribution in [3.63, 3.8) is 0 Å². The van der Waals surface area contributed by atoms with Crippen molar-refractivity contribution in [3.8, 4) is 0 Å². The standard InChI is InChI=1S/C17H20N6O/c1-21(17-7-6-16-19-18-13-23(16)20-17)12-14-4-2-3-5-15(14)22-8-10-24-11-9-22/h2-7,13H,8-12H2,1H3. The zero-order valence-electron chi connectivity index (χ0n) is 13.7. The van der Waals surface area contributed by atoms with Crippen LogP contribution in [0.3, 0.4) is 0 Å². The smallest absolute Gasteiger partial charge is 0.177 e. The molecule has 7 nitrogen and oxygen atoms in total. The van der Waals surface area contributed by atoms with Crippen molar-refractivity contribution in [3.05, 3.63) is 48.3 Å². The lowest BCUT2D eigenvalue weighted by atomic mass is 10.1. The quantitative estimate of drug-likeness (QED) is 0.726. The second-order valence-corrected chi connectivity index (χ2v) is 5.91. The fourth-order valence-corrected chi connectivity index (χ4v) is 3.02. The monoisotopic (exact) mass is 324 g/mol. The van der Waals surface area contributed by atoms with E-state index in [0.717, 1.165) is 44.3 Å². The van der Waals surface area contributed by atoms with E-state index in [0.29, 0.717) is 0 Å². The summed E-state index contributed by atoms with van der Waals surface area (Å²) in [4.78, 5) is 4.53. The van der Waals surface area contributed by atoms with Gasteiger partial charge < -0.3 is 14.5 Å². The number of fused-ring (bicyclic) bond motifs is 1. The molecule has 4 rings (SSSR count). The minimum atomic E-state index is 0.751. The molecule has 124 valence electrons. The van der Waals surface area contributed by atoms with Crippen LogP contribution in [0.1, 0.15) is 5.56 Å². The fourth-order valence-electron chi connectivity index (χ4n) is 3.02. The molecule has 0 amide bonds. The van der Waals surface area contributed by atoms with E-state index in [1.165, 1.54) is 11.3 Å². The average molecular weight is 324 g/mol. The van der Waals surface area contributed by atoms with Crippen molar-refractivity contribution >= 4 is 17.2 Å². The summed E-state index contributed by atoms with van der Waals surface area (Å²) in [5.74, 6) is 0.888. The molecule has 1 aliphatic rings. The van der Waals surface area contributed by atoms with Crippen LogP contribution in [0.4, 0.5) is 11.5 Å². The van der Waals surface area contributed by atoms with Gasteiger partial charge in [0.25, 0.3) is 0 Å². The Morgan fingerprint density at radius 1 is 1.12 bits per heavy atom. The van der Waals surface area contributed by atoms with E-state index in [9.17, 15) is 0 Å². The molecule has 3 heterocycles. The average Bonchev–Trinajstić information content (AvgIpc) is 3.10. The Morgan fingerprint density at radius 3 is 2.83 bits per heavy atom. The van der Waals surface area contributed by atoms with Gasteiger partial charge in [-0.3, -0.25) is 0 Å². The molecule has 2 aromatic heterocycles. The molecule has 0 atom stereocenters. The molecule has 0 saturated carbocycles. The van der Waals surface area contributed by atoms with Crippen LogP contribution in [-0.2, 0) is 11.3 Å². The van der Waals surface area contributed by atoms with Crippen molar-refractivity contribution in [1.29, 1.82) is 0 Å². The zero-order valence-corrected chi connectivity index (χ0v) is 13.7. The first-order valence-electron chi connectivity index (χ1n) is 8.10. The summed E-state index contributed by atoms with van der Waals surface area (Å²) in [5.41, 5.74) is 3.31. The minimum absolute atomic E-state index is 0.751. The topological polar surface area (TPSA) is 58.8 Å². The number of aromatic nitrogens is 4. The summed E-state index contributed by atoms with van der Waals surface area (Å²) >= 11 is 0. The van der Waals surface area contributed by atoms with Crippen molar-refractivity contribution < 1.29 is 4.74 Å². The molecule has 0 bridgehead atoms. The van der Waals surface area contributed by atoms with Gasteiger partial charge in [0.1, 0.15) is 12.1 Å². The number of rotatable bonds is 4. The van der Waals surface area contributed by atoms with Gasteiger partial charge in [0, 0.05) is 32.4 Å². The van der Waals surface area contributed by atoms with Gasteiger partial charge in [0.2, 0.25) is 0 Å². The van der Waals surface area contributed by atoms with Crippen LogP contribution in [0.25, 0.3) is 5.65 Å². The highest BCUT2D eigenvalue weighted by atomic mass is 16.5. The van der Waals surface area contributed by atoms with Crippen molar-refractivity contribution in [2.24, 2.45) is 0 Å². The van der Waals surface area contributed by atoms with Gasteiger partial charge in [0.05, 0.1) is 13.2 Å². The van der Waals surface area contributed by atoms with Crippen LogP contribution < -0.4 is 9.80 Å². The van der Waals surface area contributed by atoms with Crippen LogP contribution in [0.2, 0.25) is 0 Å². The van der Waals surface area contributed by atoms with Gasteiger partial charge >= 0.3 is 0 Å². The lowest BCUT2D eigenvalue weighted by Gasteiger charge is -2.31. The van der Waals surface area contributed by atoms with Crippen molar-refractivity contribution in [2.45, 2.75) is 6.54 Å². The summed E-state index contributed by atoms with van der Waals surface area (Å²) < 4.78 is 7.16. The molecule has 0 radical (unpaired) electrons. The number of nitrogens with zero attached hydrogens (tertiary/aromatic N) is 6. The molecular formula is C17H20N6O. The lowest BCUT2D eigenvalue weighted by molar-refractivity contribution is 0.122. The number of anilines is 2. The molecule has 7 heteroatoms. The first-order chi connectivity index (χ1) is 11.8. The lowest BCUT2D eigenvalue weighted by Crippen LogP contribution is -2.37. The maximum atomic E-state index is 5.47. The van der Waals surface area contributed by atoms with Crippen molar-refractivity contribution in [2.75, 3.05) is 43.2 Å². The van der Waals surface area contributed by atoms with Gasteiger partial charge in [0.15, 0.2) is 5.65 Å². The molecular weight excluding hydrogens is 304 g/mol. The van der Waals surface area contributed by atoms with E-state index >= 15 is 0 Å². The molecule has 3 aromatic rings. The second kappa shape index (κ2) is 6.45. The normalized spacial score (nSPS) is 15.0. The highest BCUT2D eigenvalue weighted by molar-refractivity contribution is 5.56. The Bertz CT molecular complexity index is 827. The van der Waals surface area contributed by atoms with Crippen LogP contribution in [-0.4, -0.2) is 53.2 Å². The summed E-state index contributed by atoms with van der Waals surface area (Å²) in [5, 5.41) is 12.4. The van der Waals surface area contributed by atoms with E-state index < -0.39 is 0 Å². The number of hydrogen-bond donors (Lipinski definition) is 0. The Morgan fingerprint density at radius 2 is 1.96 bits per heavy atom. The summed E-state index contributed by atoms with van der Waals surface area (Å²) in [6, 6.07) is 12.4. The van der Waals surface area contributed by atoms with Gasteiger partial charge in [-0.05, 0) is 23.8 Å². The van der Waals surface area contributed by atoms with Gasteiger partial charge in [-0.15, -0.1) is 15.3 Å². The molecule has 24 heavy (non-hydrogen) atoms. The maximum Gasteiger partial charge on any atom is 0.177 e. The molecule has 1 aromatic carbocycles. The largest absolute Gasteiger partial charge is 0.378 e. The number of hydrogen-bond acceptors (Lipinski definition) is 6. The maximum absolute atomic E-state index is 5.47. The predicted octanol–water partition coefficient (Wildman–Crippen LogP) is 1.60. The summed E-state index contributed by atoms with van der Waals surface area (Å²) in [7, 11) is 2.05. The van der Waals surface area contributed by atoms with Crippen molar-refractivity contribution in [1.82, 2.24) is 19.8 Å². The zero-order chi connectivity index (χ0) is 16.4. The Kier molecular flexibility index (Phi) is 4.00. The summed E-state index contributed by atoms with van der Waals surface area (Å²) in [6.45, 7) is 4.23. The summed E-state index contributed by atoms with van der Waals surface area (Å²) in [6.07, 6.45) is 1.62. The van der Waals surface area contributed by atoms with E-state index in [2.05, 4.69) is 56.4 Å². The van der Waals surface area contributed by atoms with E-state index in [1.54, 1.807) is 10.8 Å². The van der Waals surface area contributed by atoms with Gasteiger partial charge in [-0.1, -0.05) is 18.2 Å². The van der Waals surface area contributed by atoms with Crippen LogP contribution in [0.5, 0.6) is 0 Å². The fraction of sp³-hybridized carbons (Fsp3) is 0.353. The first-order valence-corrected chi connectivity index (χ1v) is 8.10. The minimum Gasteiger partial charge on any atom is -0.378 e. The SMILES string of the molecule is CN(Cc1ccccc1N1CCOCC1)c1ccc2nncn2n1. The van der Waals surface area contributed by atoms with Gasteiger partial charge in [-0.25, -0.2) is 0 Å². The van der Waals surface area contributed by atoms with E-state index in [4.69, 9.17) is 4.74 Å². The number of morpholine rings is 1. The van der Waals surface area contributed by atoms with Crippen LogP contribution in [0.15, 0.2) is 42.7 Å². The first kappa shape index (κ1) is 14.9. The third kappa shape index (κ3) is 2.90. The third-order valence-corrected chi connectivity index (χ3v) is 4.29. The van der Waals surface area contributed by atoms with Crippen LogP contribution >= 0.6 is 0 Å². The molecule has 1 fully saturated rings. The molecule has 0 N–H and O–H groups in total. The third-order valence-electron chi connectivity index (χ3n) is 4.29. The highest BCUT2D eigenvalue weighted by Crippen LogP contribution is 2.24. The van der Waals surface area contributed by atoms with E-state index in [1.807, 2.05) is 12.1 Å². The Hall–Kier alpha value is -2.67. The number of para-hydroxylation sites is 1. The molecule has 1 saturated heterocycles. The van der Waals surface area contributed by atoms with Crippen LogP contribution in [0, 0.1) is 0 Å². The molecule has 0 unspecified atom stereocenters. The Balaban J connectivity index is 1.57. The number of ether oxygens (including phenoxy) is 1. The molecule has 1 aliphatic heterocycles. The molecule has 0 spiro atoms. The van der Waals surface area contributed by atoms with E-state index in [-0.39, 0.29) is 0 Å². The second-order valence-electron chi connectivity index (χ2n) is 5.91. The number of benzene rings is 1.